The minimum Gasteiger partial charge on any atom is -0.487 e. The molecular formula is C13H19NO4. The lowest BCUT2D eigenvalue weighted by molar-refractivity contribution is -0.385. The van der Waals surface area contributed by atoms with Gasteiger partial charge < -0.3 is 9.84 Å². The number of benzene rings is 1. The summed E-state index contributed by atoms with van der Waals surface area (Å²) in [5.74, 6) is 0.321. The van der Waals surface area contributed by atoms with E-state index in [2.05, 4.69) is 0 Å². The van der Waals surface area contributed by atoms with Gasteiger partial charge in [0.1, 0.15) is 0 Å². The van der Waals surface area contributed by atoms with Gasteiger partial charge in [-0.15, -0.1) is 0 Å². The van der Waals surface area contributed by atoms with E-state index in [0.29, 0.717) is 12.4 Å². The topological polar surface area (TPSA) is 72.6 Å². The van der Waals surface area contributed by atoms with Crippen LogP contribution in [-0.4, -0.2) is 23.2 Å². The minimum atomic E-state index is -0.414. The molecule has 0 unspecified atom stereocenters. The van der Waals surface area contributed by atoms with Crippen molar-refractivity contribution in [1.29, 1.82) is 0 Å². The van der Waals surface area contributed by atoms with E-state index in [-0.39, 0.29) is 12.3 Å². The number of rotatable bonds is 8. The van der Waals surface area contributed by atoms with E-state index >= 15 is 0 Å². The molecule has 0 spiro atoms. The molecule has 5 nitrogen and oxygen atoms in total. The van der Waals surface area contributed by atoms with Gasteiger partial charge in [0, 0.05) is 12.7 Å². The van der Waals surface area contributed by atoms with Crippen molar-refractivity contribution >= 4 is 5.69 Å². The van der Waals surface area contributed by atoms with Crippen molar-refractivity contribution < 1.29 is 14.8 Å². The summed E-state index contributed by atoms with van der Waals surface area (Å²) in [6.45, 7) is 2.56. The van der Waals surface area contributed by atoms with E-state index in [4.69, 9.17) is 9.84 Å². The Kier molecular flexibility index (Phi) is 6.14. The zero-order valence-corrected chi connectivity index (χ0v) is 10.6. The normalized spacial score (nSPS) is 10.3. The molecular weight excluding hydrogens is 234 g/mol. The van der Waals surface area contributed by atoms with E-state index in [9.17, 15) is 10.1 Å². The molecule has 5 heteroatoms. The van der Waals surface area contributed by atoms with E-state index in [1.165, 1.54) is 0 Å². The first-order valence-corrected chi connectivity index (χ1v) is 6.20. The number of hydrogen-bond acceptors (Lipinski definition) is 4. The lowest BCUT2D eigenvalue weighted by Crippen LogP contribution is -2.01. The van der Waals surface area contributed by atoms with Gasteiger partial charge in [-0.25, -0.2) is 0 Å². The number of nitrogens with zero attached hydrogens (tertiary/aromatic N) is 1. The molecule has 100 valence electrons. The summed E-state index contributed by atoms with van der Waals surface area (Å²) >= 11 is 0. The molecule has 1 aromatic carbocycles. The highest BCUT2D eigenvalue weighted by atomic mass is 16.6. The first-order chi connectivity index (χ1) is 8.69. The fraction of sp³-hybridized carbons (Fsp3) is 0.538. The first-order valence-electron chi connectivity index (χ1n) is 6.20. The Hall–Kier alpha value is -1.62. The molecule has 0 aliphatic rings. The fourth-order valence-corrected chi connectivity index (χ4v) is 1.62. The first kappa shape index (κ1) is 14.4. The van der Waals surface area contributed by atoms with Gasteiger partial charge in [0.25, 0.3) is 0 Å². The number of nitro groups is 1. The molecule has 18 heavy (non-hydrogen) atoms. The number of nitro benzene ring substituents is 1. The van der Waals surface area contributed by atoms with Crippen LogP contribution in [0.4, 0.5) is 5.69 Å². The average Bonchev–Trinajstić information content (AvgIpc) is 2.38. The van der Waals surface area contributed by atoms with Gasteiger partial charge in [-0.1, -0.05) is 13.0 Å². The third-order valence-electron chi connectivity index (χ3n) is 2.69. The SMILES string of the molecule is CCc1ccc(OCCCCCO)c([N+](=O)[O-])c1. The molecule has 0 aliphatic carbocycles. The zero-order chi connectivity index (χ0) is 13.4. The standard InChI is InChI=1S/C13H19NO4/c1-2-11-6-7-13(12(10-11)14(16)17)18-9-5-3-4-8-15/h6-7,10,15H,2-5,8-9H2,1H3. The molecule has 0 atom stereocenters. The van der Waals surface area contributed by atoms with Crippen LogP contribution in [0.2, 0.25) is 0 Å². The van der Waals surface area contributed by atoms with Gasteiger partial charge in [0.05, 0.1) is 11.5 Å². The van der Waals surface area contributed by atoms with Gasteiger partial charge in [-0.3, -0.25) is 10.1 Å². The van der Waals surface area contributed by atoms with E-state index in [1.54, 1.807) is 12.1 Å². The van der Waals surface area contributed by atoms with Crippen LogP contribution in [0.25, 0.3) is 0 Å². The molecule has 0 saturated carbocycles. The highest BCUT2D eigenvalue weighted by molar-refractivity contribution is 5.48. The minimum absolute atomic E-state index is 0.0245. The van der Waals surface area contributed by atoms with E-state index in [1.807, 2.05) is 13.0 Å². The van der Waals surface area contributed by atoms with Crippen molar-refractivity contribution in [3.05, 3.63) is 33.9 Å². The second-order valence-corrected chi connectivity index (χ2v) is 4.05. The third-order valence-corrected chi connectivity index (χ3v) is 2.69. The third kappa shape index (κ3) is 4.33. The van der Waals surface area contributed by atoms with Crippen LogP contribution in [-0.2, 0) is 6.42 Å². The molecule has 0 bridgehead atoms. The molecule has 0 saturated heterocycles. The van der Waals surface area contributed by atoms with Crippen molar-refractivity contribution in [2.45, 2.75) is 32.6 Å². The molecule has 0 heterocycles. The van der Waals surface area contributed by atoms with Crippen LogP contribution < -0.4 is 4.74 Å². The van der Waals surface area contributed by atoms with Gasteiger partial charge in [0.15, 0.2) is 5.75 Å². The van der Waals surface area contributed by atoms with E-state index in [0.717, 1.165) is 31.2 Å². The predicted octanol–water partition coefficient (Wildman–Crippen LogP) is 2.70. The van der Waals surface area contributed by atoms with Crippen molar-refractivity contribution in [1.82, 2.24) is 0 Å². The lowest BCUT2D eigenvalue weighted by Gasteiger charge is -2.07. The number of hydrogen-bond donors (Lipinski definition) is 1. The number of unbranched alkanes of at least 4 members (excludes halogenated alkanes) is 2. The maximum Gasteiger partial charge on any atom is 0.311 e. The molecule has 1 aromatic rings. The smallest absolute Gasteiger partial charge is 0.311 e. The summed E-state index contributed by atoms with van der Waals surface area (Å²) < 4.78 is 5.42. The zero-order valence-electron chi connectivity index (χ0n) is 10.6. The van der Waals surface area contributed by atoms with Crippen LogP contribution >= 0.6 is 0 Å². The van der Waals surface area contributed by atoms with Gasteiger partial charge in [0.2, 0.25) is 0 Å². The Bertz CT molecular complexity index is 393. The van der Waals surface area contributed by atoms with Crippen LogP contribution in [0.15, 0.2) is 18.2 Å². The Morgan fingerprint density at radius 3 is 2.72 bits per heavy atom. The van der Waals surface area contributed by atoms with Crippen LogP contribution in [0.5, 0.6) is 5.75 Å². The summed E-state index contributed by atoms with van der Waals surface area (Å²) in [4.78, 5) is 10.5. The van der Waals surface area contributed by atoms with Crippen molar-refractivity contribution in [2.75, 3.05) is 13.2 Å². The lowest BCUT2D eigenvalue weighted by atomic mass is 10.1. The maximum absolute atomic E-state index is 10.9. The van der Waals surface area contributed by atoms with E-state index < -0.39 is 4.92 Å². The Balaban J connectivity index is 2.61. The Morgan fingerprint density at radius 2 is 2.11 bits per heavy atom. The predicted molar refractivity (Wildman–Crippen MR) is 68.9 cm³/mol. The molecule has 0 aromatic heterocycles. The van der Waals surface area contributed by atoms with Crippen LogP contribution in [0.1, 0.15) is 31.7 Å². The molecule has 1 rings (SSSR count). The quantitative estimate of drug-likeness (QED) is 0.439. The van der Waals surface area contributed by atoms with Crippen molar-refractivity contribution in [2.24, 2.45) is 0 Å². The molecule has 0 aliphatic heterocycles. The van der Waals surface area contributed by atoms with Crippen molar-refractivity contribution in [3.8, 4) is 5.75 Å². The highest BCUT2D eigenvalue weighted by Gasteiger charge is 2.15. The Labute approximate surface area is 107 Å². The summed E-state index contributed by atoms with van der Waals surface area (Å²) in [7, 11) is 0. The van der Waals surface area contributed by atoms with Gasteiger partial charge in [-0.2, -0.15) is 0 Å². The van der Waals surface area contributed by atoms with Gasteiger partial charge in [-0.05, 0) is 37.3 Å². The highest BCUT2D eigenvalue weighted by Crippen LogP contribution is 2.28. The number of aryl methyl sites for hydroxylation is 1. The summed E-state index contributed by atoms with van der Waals surface area (Å²) in [6, 6.07) is 5.06. The summed E-state index contributed by atoms with van der Waals surface area (Å²) in [5.41, 5.74) is 0.950. The summed E-state index contributed by atoms with van der Waals surface area (Å²) in [5, 5.41) is 19.5. The largest absolute Gasteiger partial charge is 0.487 e. The second kappa shape index (κ2) is 7.66. The maximum atomic E-state index is 10.9. The number of aliphatic hydroxyl groups is 1. The number of aliphatic hydroxyl groups excluding tert-OH is 1. The fourth-order valence-electron chi connectivity index (χ4n) is 1.62. The molecule has 0 fully saturated rings. The molecule has 1 N–H and O–H groups in total. The molecule has 0 radical (unpaired) electrons. The summed E-state index contributed by atoms with van der Waals surface area (Å²) in [6.07, 6.45) is 3.14. The van der Waals surface area contributed by atoms with Crippen LogP contribution in [0.3, 0.4) is 0 Å². The number of ether oxygens (including phenoxy) is 1. The monoisotopic (exact) mass is 253 g/mol. The van der Waals surface area contributed by atoms with Crippen LogP contribution in [0, 0.1) is 10.1 Å². The Morgan fingerprint density at radius 1 is 1.33 bits per heavy atom. The second-order valence-electron chi connectivity index (χ2n) is 4.05. The van der Waals surface area contributed by atoms with Crippen molar-refractivity contribution in [3.63, 3.8) is 0 Å². The van der Waals surface area contributed by atoms with Gasteiger partial charge >= 0.3 is 5.69 Å². The average molecular weight is 253 g/mol. The molecule has 0 amide bonds.